The zero-order valence-corrected chi connectivity index (χ0v) is 12.0. The van der Waals surface area contributed by atoms with E-state index in [1.54, 1.807) is 12.1 Å². The van der Waals surface area contributed by atoms with Crippen LogP contribution >= 0.6 is 11.6 Å². The number of benzene rings is 1. The van der Waals surface area contributed by atoms with E-state index in [4.69, 9.17) is 16.3 Å². The third-order valence-electron chi connectivity index (χ3n) is 3.52. The highest BCUT2D eigenvalue weighted by molar-refractivity contribution is 6.30. The molecule has 0 fully saturated rings. The summed E-state index contributed by atoms with van der Waals surface area (Å²) in [4.78, 5) is 0. The molecule has 2 atom stereocenters. The number of aryl methyl sites for hydroxylation is 1. The Morgan fingerprint density at radius 1 is 1.50 bits per heavy atom. The van der Waals surface area contributed by atoms with E-state index in [2.05, 4.69) is 12.0 Å². The van der Waals surface area contributed by atoms with Gasteiger partial charge in [-0.05, 0) is 24.6 Å². The molecule has 106 valence electrons. The molecule has 0 radical (unpaired) electrons. The summed E-state index contributed by atoms with van der Waals surface area (Å²) >= 11 is 5.95. The molecule has 1 aromatic carbocycles. The normalized spacial score (nSPS) is 21.4. The number of nitrogens with zero attached hydrogens (tertiary/aromatic N) is 2. The van der Waals surface area contributed by atoms with E-state index in [0.29, 0.717) is 17.2 Å². The number of halogens is 1. The number of ether oxygens (including phenoxy) is 1. The fourth-order valence-electron chi connectivity index (χ4n) is 2.52. The summed E-state index contributed by atoms with van der Waals surface area (Å²) in [7, 11) is 0. The molecule has 1 aliphatic rings. The van der Waals surface area contributed by atoms with Gasteiger partial charge < -0.3 is 9.84 Å². The smallest absolute Gasteiger partial charge is 0.130 e. The minimum absolute atomic E-state index is 0.163. The SMILES string of the molecule is CCCn1cc(C2C[C@@H](O)c3cc(Cl)ccc3O2)cn1. The van der Waals surface area contributed by atoms with E-state index in [1.165, 1.54) is 0 Å². The molecule has 0 bridgehead atoms. The topological polar surface area (TPSA) is 47.3 Å². The van der Waals surface area contributed by atoms with Crippen molar-refractivity contribution in [2.24, 2.45) is 0 Å². The van der Waals surface area contributed by atoms with Crippen molar-refractivity contribution in [1.29, 1.82) is 0 Å². The van der Waals surface area contributed by atoms with Gasteiger partial charge in [-0.2, -0.15) is 5.10 Å². The Morgan fingerprint density at radius 3 is 3.15 bits per heavy atom. The van der Waals surface area contributed by atoms with E-state index in [9.17, 15) is 5.11 Å². The maximum Gasteiger partial charge on any atom is 0.130 e. The minimum atomic E-state index is -0.558. The average molecular weight is 293 g/mol. The first-order chi connectivity index (χ1) is 9.67. The van der Waals surface area contributed by atoms with Crippen LogP contribution in [0, 0.1) is 0 Å². The van der Waals surface area contributed by atoms with Crippen molar-refractivity contribution in [3.05, 3.63) is 46.7 Å². The summed E-state index contributed by atoms with van der Waals surface area (Å²) in [6, 6.07) is 5.35. The van der Waals surface area contributed by atoms with Crippen LogP contribution < -0.4 is 4.74 Å². The van der Waals surface area contributed by atoms with Crippen molar-refractivity contribution >= 4 is 11.6 Å². The van der Waals surface area contributed by atoms with Gasteiger partial charge in [0.1, 0.15) is 11.9 Å². The quantitative estimate of drug-likeness (QED) is 0.942. The van der Waals surface area contributed by atoms with Crippen LogP contribution in [-0.2, 0) is 6.54 Å². The van der Waals surface area contributed by atoms with E-state index in [1.807, 2.05) is 23.1 Å². The van der Waals surface area contributed by atoms with Crippen LogP contribution in [0.15, 0.2) is 30.6 Å². The second-order valence-electron chi connectivity index (χ2n) is 5.08. The van der Waals surface area contributed by atoms with Crippen molar-refractivity contribution in [2.45, 2.75) is 38.5 Å². The summed E-state index contributed by atoms with van der Waals surface area (Å²) in [6.45, 7) is 3.00. The Balaban J connectivity index is 1.85. The van der Waals surface area contributed by atoms with Gasteiger partial charge in [0.2, 0.25) is 0 Å². The van der Waals surface area contributed by atoms with E-state index >= 15 is 0 Å². The fourth-order valence-corrected chi connectivity index (χ4v) is 2.70. The molecule has 0 saturated carbocycles. The zero-order chi connectivity index (χ0) is 14.1. The van der Waals surface area contributed by atoms with Crippen molar-refractivity contribution in [3.8, 4) is 5.75 Å². The average Bonchev–Trinajstić information content (AvgIpc) is 2.88. The van der Waals surface area contributed by atoms with Crippen molar-refractivity contribution in [1.82, 2.24) is 9.78 Å². The van der Waals surface area contributed by atoms with Gasteiger partial charge in [-0.1, -0.05) is 18.5 Å². The van der Waals surface area contributed by atoms with Gasteiger partial charge in [-0.15, -0.1) is 0 Å². The lowest BCUT2D eigenvalue weighted by molar-refractivity contribution is 0.0657. The number of aliphatic hydroxyl groups excluding tert-OH is 1. The maximum atomic E-state index is 10.3. The molecule has 5 heteroatoms. The highest BCUT2D eigenvalue weighted by Gasteiger charge is 2.29. The summed E-state index contributed by atoms with van der Waals surface area (Å²) in [6.07, 6.45) is 4.64. The number of hydrogen-bond donors (Lipinski definition) is 1. The Morgan fingerprint density at radius 2 is 2.35 bits per heavy atom. The molecule has 0 amide bonds. The van der Waals surface area contributed by atoms with Crippen molar-refractivity contribution in [3.63, 3.8) is 0 Å². The van der Waals surface area contributed by atoms with Crippen LogP contribution in [0.25, 0.3) is 0 Å². The first-order valence-electron chi connectivity index (χ1n) is 6.84. The zero-order valence-electron chi connectivity index (χ0n) is 11.3. The van der Waals surface area contributed by atoms with Gasteiger partial charge in [-0.3, -0.25) is 4.68 Å². The molecular formula is C15H17ClN2O2. The Bertz CT molecular complexity index is 612. The summed E-state index contributed by atoms with van der Waals surface area (Å²) in [5.74, 6) is 0.696. The molecule has 1 N–H and O–H groups in total. The van der Waals surface area contributed by atoms with Crippen LogP contribution in [0.5, 0.6) is 5.75 Å². The molecule has 0 spiro atoms. The number of rotatable bonds is 3. The number of hydrogen-bond acceptors (Lipinski definition) is 3. The molecule has 0 aliphatic carbocycles. The first-order valence-corrected chi connectivity index (χ1v) is 7.21. The van der Waals surface area contributed by atoms with Crippen LogP contribution in [0.4, 0.5) is 0 Å². The van der Waals surface area contributed by atoms with Gasteiger partial charge in [0.15, 0.2) is 0 Å². The summed E-state index contributed by atoms with van der Waals surface area (Å²) < 4.78 is 7.87. The Labute approximate surface area is 122 Å². The predicted octanol–water partition coefficient (Wildman–Crippen LogP) is 3.50. The molecule has 1 aromatic heterocycles. The number of aromatic nitrogens is 2. The molecule has 0 saturated heterocycles. The minimum Gasteiger partial charge on any atom is -0.485 e. The van der Waals surface area contributed by atoms with Crippen LogP contribution in [0.3, 0.4) is 0 Å². The molecule has 1 aliphatic heterocycles. The van der Waals surface area contributed by atoms with Gasteiger partial charge in [0.05, 0.1) is 12.3 Å². The van der Waals surface area contributed by atoms with E-state index < -0.39 is 6.10 Å². The largest absolute Gasteiger partial charge is 0.485 e. The number of aliphatic hydroxyl groups is 1. The van der Waals surface area contributed by atoms with E-state index in [0.717, 1.165) is 24.1 Å². The third-order valence-corrected chi connectivity index (χ3v) is 3.75. The Kier molecular flexibility index (Phi) is 3.68. The molecule has 4 nitrogen and oxygen atoms in total. The lowest BCUT2D eigenvalue weighted by atomic mass is 9.96. The van der Waals surface area contributed by atoms with E-state index in [-0.39, 0.29) is 6.10 Å². The predicted molar refractivity (Wildman–Crippen MR) is 76.9 cm³/mol. The lowest BCUT2D eigenvalue weighted by Gasteiger charge is -2.29. The third kappa shape index (κ3) is 2.53. The molecule has 20 heavy (non-hydrogen) atoms. The first kappa shape index (κ1) is 13.5. The lowest BCUT2D eigenvalue weighted by Crippen LogP contribution is -2.18. The fraction of sp³-hybridized carbons (Fsp3) is 0.400. The highest BCUT2D eigenvalue weighted by atomic mass is 35.5. The number of fused-ring (bicyclic) bond motifs is 1. The summed E-state index contributed by atoms with van der Waals surface area (Å²) in [5, 5.41) is 15.2. The van der Waals surface area contributed by atoms with Crippen molar-refractivity contribution < 1.29 is 9.84 Å². The second kappa shape index (κ2) is 5.46. The molecule has 2 heterocycles. The van der Waals surface area contributed by atoms with Crippen LogP contribution in [-0.4, -0.2) is 14.9 Å². The van der Waals surface area contributed by atoms with Gasteiger partial charge in [-0.25, -0.2) is 0 Å². The van der Waals surface area contributed by atoms with Crippen LogP contribution in [0.1, 0.15) is 43.1 Å². The molecule has 1 unspecified atom stereocenters. The van der Waals surface area contributed by atoms with Gasteiger partial charge in [0, 0.05) is 35.3 Å². The summed E-state index contributed by atoms with van der Waals surface area (Å²) in [5.41, 5.74) is 1.76. The monoisotopic (exact) mass is 292 g/mol. The van der Waals surface area contributed by atoms with Crippen LogP contribution in [0.2, 0.25) is 5.02 Å². The molecule has 3 rings (SSSR count). The molecular weight excluding hydrogens is 276 g/mol. The molecule has 2 aromatic rings. The van der Waals surface area contributed by atoms with Gasteiger partial charge >= 0.3 is 0 Å². The highest BCUT2D eigenvalue weighted by Crippen LogP contribution is 2.41. The maximum absolute atomic E-state index is 10.3. The second-order valence-corrected chi connectivity index (χ2v) is 5.51. The van der Waals surface area contributed by atoms with Gasteiger partial charge in [0.25, 0.3) is 0 Å². The standard InChI is InChI=1S/C15H17ClN2O2/c1-2-5-18-9-10(8-17-18)15-7-13(19)12-6-11(16)3-4-14(12)20-15/h3-4,6,8-9,13,15,19H,2,5,7H2,1H3/t13-,15?/m1/s1. The van der Waals surface area contributed by atoms with Crippen molar-refractivity contribution in [2.75, 3.05) is 0 Å². The Hall–Kier alpha value is -1.52.